The summed E-state index contributed by atoms with van der Waals surface area (Å²) in [5, 5.41) is 20.7. The number of carbonyl (C=O) groups excluding carboxylic acids is 3. The molecule has 0 aromatic rings. The van der Waals surface area contributed by atoms with Gasteiger partial charge in [0, 0.05) is 19.3 Å². The SMILES string of the molecule is CC/C=C\C/C=C\C/C=C\C/C=C\C/C=C\C/C=C\CCCCCCCCCCCCCCC(=O)OCC(COP(=O)(O)OCC(O)COP(=O)(O)OCC(O)COC(=O)CCCCCCCCCCCCCCCCCCC/C=C\C/C=C\C/C=C\C/C=C\CCCCC)OC(=O)CCCCCCC/C=C\CCCCCC. The van der Waals surface area contributed by atoms with Crippen molar-refractivity contribution in [2.45, 2.75) is 411 Å². The molecule has 0 amide bonds. The first-order valence-electron chi connectivity index (χ1n) is 45.5. The minimum Gasteiger partial charge on any atom is -0.463 e. The van der Waals surface area contributed by atoms with Crippen LogP contribution in [-0.2, 0) is 55.8 Å². The lowest BCUT2D eigenvalue weighted by Gasteiger charge is -2.21. The predicted octanol–water partition coefficient (Wildman–Crippen LogP) is 27.8. The van der Waals surface area contributed by atoms with Crippen molar-refractivity contribution in [1.82, 2.24) is 0 Å². The lowest BCUT2D eigenvalue weighted by Crippen LogP contribution is -2.30. The Balaban J connectivity index is 4.41. The van der Waals surface area contributed by atoms with Crippen molar-refractivity contribution in [1.29, 1.82) is 0 Å². The van der Waals surface area contributed by atoms with Crippen LogP contribution in [0.3, 0.4) is 0 Å². The lowest BCUT2D eigenvalue weighted by atomic mass is 10.0. The van der Waals surface area contributed by atoms with Gasteiger partial charge in [0.05, 0.1) is 26.4 Å². The highest BCUT2D eigenvalue weighted by Crippen LogP contribution is 2.45. The molecule has 16 nitrogen and oxygen atoms in total. The maximum Gasteiger partial charge on any atom is 0.472 e. The van der Waals surface area contributed by atoms with Crippen LogP contribution < -0.4 is 0 Å². The average Bonchev–Trinajstić information content (AvgIpc) is 0.887. The van der Waals surface area contributed by atoms with E-state index in [0.29, 0.717) is 19.3 Å². The molecule has 652 valence electrons. The molecular weight excluding hydrogens is 1460 g/mol. The van der Waals surface area contributed by atoms with Crippen LogP contribution in [0.1, 0.15) is 393 Å². The first kappa shape index (κ1) is 109. The number of hydrogen-bond donors (Lipinski definition) is 4. The molecule has 0 radical (unpaired) electrons. The Labute approximate surface area is 690 Å². The van der Waals surface area contributed by atoms with Gasteiger partial charge in [-0.25, -0.2) is 9.13 Å². The third-order valence-corrected chi connectivity index (χ3v) is 21.2. The van der Waals surface area contributed by atoms with Crippen molar-refractivity contribution in [3.63, 3.8) is 0 Å². The molecule has 5 unspecified atom stereocenters. The summed E-state index contributed by atoms with van der Waals surface area (Å²) in [7, 11) is -9.80. The molecule has 0 aromatic carbocycles. The Hall–Kier alpha value is -4.31. The molecule has 0 spiro atoms. The standard InChI is InChI=1S/C95H166O16P2/c1-4-7-10-13-16-19-22-25-27-29-31-33-35-37-39-41-43-44-46-48-49-51-53-55-57-59-61-64-66-69-72-75-78-81-93(98)105-84-90(96)85-107-112(101,102)108-86-91(97)87-109-113(103,104)110-89-92(111-95(100)83-80-77-74-71-68-63-24-21-18-15-12-9-6-3)88-106-94(99)82-79-76-73-70-67-65-62-60-58-56-54-52-50-47-45-42-40-38-36-34-32-30-28-26-23-20-17-14-11-8-5-2/h8,11,16-17,19-21,24-28,31-34,37-40,45,47,90-92,96-97H,4-7,9-10,12-15,18,22-23,29-30,35-36,41-44,46,48-89H2,1-3H3,(H,101,102)(H,103,104)/b11-8-,19-16-,20-17-,24-21-,27-25-,28-26-,33-31-,34-32-,39-37-,40-38-,47-45-. The summed E-state index contributed by atoms with van der Waals surface area (Å²) in [6.07, 6.45) is 108. The molecular formula is C95H166O16P2. The second kappa shape index (κ2) is 87.0. The number of aliphatic hydroxyl groups excluding tert-OH is 2. The quantitative estimate of drug-likeness (QED) is 0.0146. The number of phosphoric acid groups is 2. The smallest absolute Gasteiger partial charge is 0.463 e. The van der Waals surface area contributed by atoms with Gasteiger partial charge in [-0.15, -0.1) is 0 Å². The number of esters is 3. The van der Waals surface area contributed by atoms with Gasteiger partial charge in [-0.1, -0.05) is 366 Å². The fraction of sp³-hybridized carbons (Fsp3) is 0.737. The summed E-state index contributed by atoms with van der Waals surface area (Å²) >= 11 is 0. The van der Waals surface area contributed by atoms with Gasteiger partial charge in [0.25, 0.3) is 0 Å². The average molecular weight is 1630 g/mol. The van der Waals surface area contributed by atoms with Crippen LogP contribution in [0.25, 0.3) is 0 Å². The Kier molecular flexibility index (Phi) is 83.7. The van der Waals surface area contributed by atoms with Crippen molar-refractivity contribution in [3.8, 4) is 0 Å². The molecule has 0 rings (SSSR count). The predicted molar refractivity (Wildman–Crippen MR) is 473 cm³/mol. The van der Waals surface area contributed by atoms with Gasteiger partial charge >= 0.3 is 33.6 Å². The fourth-order valence-corrected chi connectivity index (χ4v) is 14.0. The van der Waals surface area contributed by atoms with E-state index in [2.05, 4.69) is 154 Å². The van der Waals surface area contributed by atoms with Gasteiger partial charge in [0.2, 0.25) is 0 Å². The van der Waals surface area contributed by atoms with Crippen molar-refractivity contribution in [2.24, 2.45) is 0 Å². The van der Waals surface area contributed by atoms with E-state index in [4.69, 9.17) is 32.3 Å². The van der Waals surface area contributed by atoms with Gasteiger partial charge in [0.1, 0.15) is 25.4 Å². The maximum absolute atomic E-state index is 13.0. The monoisotopic (exact) mass is 1630 g/mol. The summed E-state index contributed by atoms with van der Waals surface area (Å²) in [5.41, 5.74) is 0. The van der Waals surface area contributed by atoms with E-state index in [0.717, 1.165) is 148 Å². The first-order valence-corrected chi connectivity index (χ1v) is 48.5. The van der Waals surface area contributed by atoms with Crippen LogP contribution in [-0.4, -0.2) is 95.9 Å². The summed E-state index contributed by atoms with van der Waals surface area (Å²) in [6, 6.07) is 0. The van der Waals surface area contributed by atoms with Crippen molar-refractivity contribution < 1.29 is 75.8 Å². The highest BCUT2D eigenvalue weighted by molar-refractivity contribution is 7.47. The van der Waals surface area contributed by atoms with Crippen molar-refractivity contribution in [3.05, 3.63) is 134 Å². The van der Waals surface area contributed by atoms with Crippen LogP contribution in [0.4, 0.5) is 0 Å². The number of rotatable bonds is 86. The van der Waals surface area contributed by atoms with Crippen LogP contribution in [0.15, 0.2) is 134 Å². The fourth-order valence-electron chi connectivity index (χ4n) is 12.4. The molecule has 0 aliphatic carbocycles. The molecule has 0 aliphatic rings. The Morgan fingerprint density at radius 3 is 0.770 bits per heavy atom. The largest absolute Gasteiger partial charge is 0.472 e. The van der Waals surface area contributed by atoms with Crippen LogP contribution in [0.2, 0.25) is 0 Å². The number of phosphoric ester groups is 2. The van der Waals surface area contributed by atoms with Crippen LogP contribution >= 0.6 is 15.6 Å². The molecule has 5 atom stereocenters. The molecule has 0 saturated heterocycles. The van der Waals surface area contributed by atoms with Gasteiger partial charge in [0.15, 0.2) is 6.10 Å². The van der Waals surface area contributed by atoms with Gasteiger partial charge in [-0.2, -0.15) is 0 Å². The van der Waals surface area contributed by atoms with Gasteiger partial charge < -0.3 is 34.2 Å². The lowest BCUT2D eigenvalue weighted by molar-refractivity contribution is -0.161. The molecule has 113 heavy (non-hydrogen) atoms. The van der Waals surface area contributed by atoms with Crippen molar-refractivity contribution >= 4 is 33.6 Å². The molecule has 0 aromatic heterocycles. The third kappa shape index (κ3) is 88.3. The Bertz CT molecular complexity index is 2580. The van der Waals surface area contributed by atoms with E-state index in [1.165, 1.54) is 186 Å². The molecule has 0 saturated carbocycles. The molecule has 0 fully saturated rings. The van der Waals surface area contributed by atoms with Crippen LogP contribution in [0.5, 0.6) is 0 Å². The minimum absolute atomic E-state index is 0.0937. The number of unbranched alkanes of at least 4 members (excludes halogenated alkanes) is 41. The minimum atomic E-state index is -4.94. The van der Waals surface area contributed by atoms with E-state index in [9.17, 15) is 43.5 Å². The van der Waals surface area contributed by atoms with Gasteiger partial charge in [-0.3, -0.25) is 32.5 Å². The summed E-state index contributed by atoms with van der Waals surface area (Å²) < 4.78 is 61.3. The summed E-state index contributed by atoms with van der Waals surface area (Å²) in [5.74, 6) is -1.57. The zero-order valence-electron chi connectivity index (χ0n) is 71.8. The number of carbonyl (C=O) groups is 3. The second-order valence-electron chi connectivity index (χ2n) is 30.4. The van der Waals surface area contributed by atoms with Crippen LogP contribution in [0, 0.1) is 0 Å². The summed E-state index contributed by atoms with van der Waals surface area (Å²) in [4.78, 5) is 58.8. The third-order valence-electron chi connectivity index (χ3n) is 19.3. The van der Waals surface area contributed by atoms with E-state index in [1.54, 1.807) is 0 Å². The topological polar surface area (TPSA) is 231 Å². The van der Waals surface area contributed by atoms with Gasteiger partial charge in [-0.05, 0) is 141 Å². The zero-order chi connectivity index (χ0) is 82.2. The molecule has 0 bridgehead atoms. The highest BCUT2D eigenvalue weighted by atomic mass is 31.2. The first-order chi connectivity index (χ1) is 55.2. The van der Waals surface area contributed by atoms with E-state index in [-0.39, 0.29) is 19.3 Å². The number of hydrogen-bond acceptors (Lipinski definition) is 14. The number of allylic oxidation sites excluding steroid dienone is 22. The van der Waals surface area contributed by atoms with E-state index >= 15 is 0 Å². The highest BCUT2D eigenvalue weighted by Gasteiger charge is 2.29. The van der Waals surface area contributed by atoms with E-state index < -0.39 is 91.5 Å². The molecule has 18 heteroatoms. The maximum atomic E-state index is 13.0. The number of ether oxygens (including phenoxy) is 3. The second-order valence-corrected chi connectivity index (χ2v) is 33.3. The Morgan fingerprint density at radius 1 is 0.257 bits per heavy atom. The molecule has 0 heterocycles. The Morgan fingerprint density at radius 2 is 0.469 bits per heavy atom. The molecule has 0 aliphatic heterocycles. The van der Waals surface area contributed by atoms with Crippen molar-refractivity contribution in [2.75, 3.05) is 39.6 Å². The van der Waals surface area contributed by atoms with E-state index in [1.807, 2.05) is 0 Å². The normalized spacial score (nSPS) is 14.4. The summed E-state index contributed by atoms with van der Waals surface area (Å²) in [6.45, 7) is 2.56. The number of aliphatic hydroxyl groups is 2. The molecule has 4 N–H and O–H groups in total. The zero-order valence-corrected chi connectivity index (χ0v) is 73.6.